The first-order valence-corrected chi connectivity index (χ1v) is 12.2. The van der Waals surface area contributed by atoms with Gasteiger partial charge in [0.25, 0.3) is 5.91 Å². The maximum Gasteiger partial charge on any atom is 0.436 e. The highest BCUT2D eigenvalue weighted by molar-refractivity contribution is 7.18. The molecule has 1 fully saturated rings. The van der Waals surface area contributed by atoms with E-state index in [0.717, 1.165) is 16.0 Å². The zero-order valence-corrected chi connectivity index (χ0v) is 21.3. The van der Waals surface area contributed by atoms with Crippen molar-refractivity contribution >= 4 is 45.7 Å². The molecule has 0 radical (unpaired) electrons. The lowest BCUT2D eigenvalue weighted by molar-refractivity contribution is -0.141. The van der Waals surface area contributed by atoms with Crippen molar-refractivity contribution in [2.45, 2.75) is 58.2 Å². The van der Waals surface area contributed by atoms with E-state index in [-0.39, 0.29) is 52.5 Å². The van der Waals surface area contributed by atoms with E-state index < -0.39 is 28.8 Å². The van der Waals surface area contributed by atoms with Crippen LogP contribution in [0.1, 0.15) is 75.5 Å². The fourth-order valence-electron chi connectivity index (χ4n) is 3.47. The summed E-state index contributed by atoms with van der Waals surface area (Å²) in [6.07, 6.45) is -2.92. The van der Waals surface area contributed by atoms with Gasteiger partial charge in [-0.3, -0.25) is 14.3 Å². The Labute approximate surface area is 209 Å². The molecule has 2 aromatic rings. The number of carbonyl (C=O) groups is 3. The molecule has 0 spiro atoms. The van der Waals surface area contributed by atoms with E-state index in [0.29, 0.717) is 24.8 Å². The smallest absolute Gasteiger partial charge is 0.436 e. The summed E-state index contributed by atoms with van der Waals surface area (Å²) in [4.78, 5) is 39.6. The monoisotopic (exact) mass is 534 g/mol. The van der Waals surface area contributed by atoms with Gasteiger partial charge in [-0.05, 0) is 31.7 Å². The number of ether oxygens (including phenoxy) is 1. The summed E-state index contributed by atoms with van der Waals surface area (Å²) in [7, 11) is 3.13. The minimum Gasteiger partial charge on any atom is -0.462 e. The van der Waals surface area contributed by atoms with Crippen LogP contribution in [0.25, 0.3) is 0 Å². The van der Waals surface area contributed by atoms with Gasteiger partial charge in [-0.2, -0.15) is 18.3 Å². The zero-order chi connectivity index (χ0) is 26.1. The van der Waals surface area contributed by atoms with Crippen LogP contribution in [0.3, 0.4) is 0 Å². The molecule has 0 unspecified atom stereocenters. The van der Waals surface area contributed by atoms with E-state index in [1.54, 1.807) is 21.0 Å². The van der Waals surface area contributed by atoms with Crippen molar-refractivity contribution < 1.29 is 32.3 Å². The van der Waals surface area contributed by atoms with Crippen molar-refractivity contribution in [3.8, 4) is 0 Å². The third kappa shape index (κ3) is 5.97. The van der Waals surface area contributed by atoms with E-state index in [4.69, 9.17) is 16.3 Å². The van der Waals surface area contributed by atoms with Crippen LogP contribution >= 0.6 is 22.9 Å². The second kappa shape index (κ2) is 10.6. The second-order valence-electron chi connectivity index (χ2n) is 8.44. The quantitative estimate of drug-likeness (QED) is 0.452. The molecule has 2 aromatic heterocycles. The first kappa shape index (κ1) is 27.0. The summed E-state index contributed by atoms with van der Waals surface area (Å²) < 4.78 is 46.2. The maximum atomic E-state index is 13.3. The molecule has 0 bridgehead atoms. The molecule has 1 saturated carbocycles. The number of aryl methyl sites for hydroxylation is 1. The average Bonchev–Trinajstić information content (AvgIpc) is 3.47. The fraction of sp³-hybridized carbons (Fsp3) is 0.545. The van der Waals surface area contributed by atoms with Gasteiger partial charge in [-0.15, -0.1) is 11.3 Å². The molecule has 192 valence electrons. The number of nitrogens with one attached hydrogen (secondary N) is 1. The normalized spacial score (nSPS) is 13.6. The lowest BCUT2D eigenvalue weighted by Gasteiger charge is -2.09. The lowest BCUT2D eigenvalue weighted by atomic mass is 10.1. The third-order valence-electron chi connectivity index (χ3n) is 5.36. The Morgan fingerprint density at radius 1 is 1.29 bits per heavy atom. The van der Waals surface area contributed by atoms with Crippen LogP contribution in [0.2, 0.25) is 5.02 Å². The number of aromatic nitrogens is 2. The van der Waals surface area contributed by atoms with Gasteiger partial charge in [0, 0.05) is 26.4 Å². The molecule has 2 amide bonds. The largest absolute Gasteiger partial charge is 0.462 e. The van der Waals surface area contributed by atoms with Gasteiger partial charge in [-0.1, -0.05) is 18.5 Å². The second-order valence-corrected chi connectivity index (χ2v) is 9.84. The Balaban J connectivity index is 1.82. The van der Waals surface area contributed by atoms with Crippen molar-refractivity contribution in [3.63, 3.8) is 0 Å². The molecule has 0 saturated heterocycles. The number of carbonyl (C=O) groups excluding carboxylic acids is 3. The van der Waals surface area contributed by atoms with Crippen LogP contribution in [-0.2, 0) is 22.3 Å². The summed E-state index contributed by atoms with van der Waals surface area (Å²) >= 11 is 6.92. The number of rotatable bonds is 9. The topological polar surface area (TPSA) is 93.5 Å². The van der Waals surface area contributed by atoms with Gasteiger partial charge in [0.2, 0.25) is 5.91 Å². The summed E-state index contributed by atoms with van der Waals surface area (Å²) in [6.45, 7) is 3.47. The van der Waals surface area contributed by atoms with Gasteiger partial charge in [0.1, 0.15) is 5.00 Å². The van der Waals surface area contributed by atoms with Crippen molar-refractivity contribution in [3.05, 3.63) is 32.4 Å². The Kier molecular flexibility index (Phi) is 8.15. The Bertz CT molecular complexity index is 1140. The number of nitrogens with zero attached hydrogens (tertiary/aromatic N) is 3. The molecule has 0 aromatic carbocycles. The van der Waals surface area contributed by atoms with Gasteiger partial charge in [0.15, 0.2) is 5.69 Å². The maximum absolute atomic E-state index is 13.3. The van der Waals surface area contributed by atoms with Crippen LogP contribution in [-0.4, -0.2) is 53.2 Å². The number of hydrogen-bond donors (Lipinski definition) is 1. The average molecular weight is 535 g/mol. The summed E-state index contributed by atoms with van der Waals surface area (Å²) in [5.41, 5.74) is -0.415. The van der Waals surface area contributed by atoms with Gasteiger partial charge >= 0.3 is 12.1 Å². The van der Waals surface area contributed by atoms with Crippen LogP contribution < -0.4 is 5.32 Å². The number of thiophene rings is 1. The summed E-state index contributed by atoms with van der Waals surface area (Å²) in [6, 6.07) is 0. The molecule has 3 rings (SSSR count). The molecular formula is C22H26ClF3N4O4S. The molecule has 0 aliphatic heterocycles. The Hall–Kier alpha value is -2.60. The Morgan fingerprint density at radius 3 is 2.49 bits per heavy atom. The summed E-state index contributed by atoms with van der Waals surface area (Å²) in [5.74, 6) is -1.67. The molecule has 35 heavy (non-hydrogen) atoms. The van der Waals surface area contributed by atoms with Crippen molar-refractivity contribution in [2.75, 3.05) is 26.0 Å². The van der Waals surface area contributed by atoms with E-state index in [1.165, 1.54) is 4.90 Å². The summed E-state index contributed by atoms with van der Waals surface area (Å²) in [5, 5.41) is 5.96. The van der Waals surface area contributed by atoms with Crippen LogP contribution in [0.5, 0.6) is 0 Å². The SMILES string of the molecule is CCCOC(=O)c1c(NC(=O)CCn2nc(C(F)(F)F)c(Cl)c2C2CC2)sc(C(=O)N(C)C)c1C. The van der Waals surface area contributed by atoms with Gasteiger partial charge in [0.05, 0.1) is 34.3 Å². The molecular weight excluding hydrogens is 509 g/mol. The number of amides is 2. The van der Waals surface area contributed by atoms with Crippen LogP contribution in [0.4, 0.5) is 18.2 Å². The minimum atomic E-state index is -4.70. The number of anilines is 1. The lowest BCUT2D eigenvalue weighted by Crippen LogP contribution is -2.21. The van der Waals surface area contributed by atoms with E-state index >= 15 is 0 Å². The van der Waals surface area contributed by atoms with Crippen molar-refractivity contribution in [1.29, 1.82) is 0 Å². The molecule has 0 atom stereocenters. The number of halogens is 4. The predicted octanol–water partition coefficient (Wildman–Crippen LogP) is 5.10. The first-order valence-electron chi connectivity index (χ1n) is 11.0. The number of esters is 1. The van der Waals surface area contributed by atoms with Crippen molar-refractivity contribution in [1.82, 2.24) is 14.7 Å². The van der Waals surface area contributed by atoms with Crippen molar-refractivity contribution in [2.24, 2.45) is 0 Å². The van der Waals surface area contributed by atoms with Crippen LogP contribution in [0.15, 0.2) is 0 Å². The van der Waals surface area contributed by atoms with E-state index in [2.05, 4.69) is 10.4 Å². The highest BCUT2D eigenvalue weighted by Gasteiger charge is 2.42. The van der Waals surface area contributed by atoms with Gasteiger partial charge < -0.3 is 15.0 Å². The number of hydrogen-bond acceptors (Lipinski definition) is 6. The fourth-order valence-corrected chi connectivity index (χ4v) is 5.10. The minimum absolute atomic E-state index is 0.0853. The molecule has 13 heteroatoms. The Morgan fingerprint density at radius 2 is 1.94 bits per heavy atom. The highest BCUT2D eigenvalue weighted by Crippen LogP contribution is 2.47. The van der Waals surface area contributed by atoms with Gasteiger partial charge in [-0.25, -0.2) is 4.79 Å². The molecule has 8 nitrogen and oxygen atoms in total. The standard InChI is InChI=1S/C22H26ClF3N4O4S/c1-5-10-34-21(33)14-11(2)17(20(32)29(3)4)35-19(14)27-13(31)8-9-30-16(12-6-7-12)15(23)18(28-30)22(24,25)26/h12H,5-10H2,1-4H3,(H,27,31). The molecule has 1 aliphatic rings. The van der Waals surface area contributed by atoms with E-state index in [9.17, 15) is 27.6 Å². The predicted molar refractivity (Wildman–Crippen MR) is 125 cm³/mol. The van der Waals surface area contributed by atoms with Crippen LogP contribution in [0, 0.1) is 6.92 Å². The molecule has 1 aliphatic carbocycles. The first-order chi connectivity index (χ1) is 16.4. The molecule has 2 heterocycles. The molecule has 1 N–H and O–H groups in total. The van der Waals surface area contributed by atoms with E-state index in [1.807, 2.05) is 6.92 Å². The third-order valence-corrected chi connectivity index (χ3v) is 6.92. The highest BCUT2D eigenvalue weighted by atomic mass is 35.5. The number of alkyl halides is 3. The zero-order valence-electron chi connectivity index (χ0n) is 19.7.